The molecule has 0 atom stereocenters. The summed E-state index contributed by atoms with van der Waals surface area (Å²) in [6, 6.07) is 15.3. The third-order valence-electron chi connectivity index (χ3n) is 4.70. The molecule has 0 saturated carbocycles. The van der Waals surface area contributed by atoms with Gasteiger partial charge < -0.3 is 9.47 Å². The second-order valence-corrected chi connectivity index (χ2v) is 7.36. The van der Waals surface area contributed by atoms with E-state index in [-0.39, 0.29) is 12.4 Å². The standard InChI is InChI=1S/C25H34N2O3/c1-3-5-7-8-9-21-10-12-22(13-11-21)26-27-23-14-16-24(17-15-23)30-25(28)18-20-29-19-6-4-2/h10-17H,3-9,18-20H2,1-2H3/b27-26+. The van der Waals surface area contributed by atoms with Crippen molar-refractivity contribution in [1.82, 2.24) is 0 Å². The van der Waals surface area contributed by atoms with Crippen molar-refractivity contribution < 1.29 is 14.3 Å². The smallest absolute Gasteiger partial charge is 0.313 e. The van der Waals surface area contributed by atoms with Gasteiger partial charge in [-0.05, 0) is 61.2 Å². The zero-order valence-electron chi connectivity index (χ0n) is 18.3. The Hall–Kier alpha value is -2.53. The van der Waals surface area contributed by atoms with E-state index in [1.807, 2.05) is 12.1 Å². The molecule has 0 aromatic heterocycles. The number of hydrogen-bond acceptors (Lipinski definition) is 5. The number of benzene rings is 2. The van der Waals surface area contributed by atoms with E-state index in [4.69, 9.17) is 9.47 Å². The number of esters is 1. The number of hydrogen-bond donors (Lipinski definition) is 0. The zero-order valence-corrected chi connectivity index (χ0v) is 18.3. The van der Waals surface area contributed by atoms with Crippen LogP contribution in [0.3, 0.4) is 0 Å². The summed E-state index contributed by atoms with van der Waals surface area (Å²) in [4.78, 5) is 11.8. The molecule has 2 aromatic rings. The van der Waals surface area contributed by atoms with E-state index >= 15 is 0 Å². The highest BCUT2D eigenvalue weighted by atomic mass is 16.5. The fourth-order valence-corrected chi connectivity index (χ4v) is 2.87. The van der Waals surface area contributed by atoms with Crippen LogP contribution in [0.5, 0.6) is 5.75 Å². The summed E-state index contributed by atoms with van der Waals surface area (Å²) in [7, 11) is 0. The van der Waals surface area contributed by atoms with Gasteiger partial charge in [-0.2, -0.15) is 10.2 Å². The summed E-state index contributed by atoms with van der Waals surface area (Å²) in [5.74, 6) is 0.204. The number of nitrogens with zero attached hydrogens (tertiary/aromatic N) is 2. The Bertz CT molecular complexity index is 755. The first-order chi connectivity index (χ1) is 14.7. The SMILES string of the molecule is CCCCCCc1ccc(/N=N/c2ccc(OC(=O)CCOCCCC)cc2)cc1. The Morgan fingerprint density at radius 2 is 1.40 bits per heavy atom. The largest absolute Gasteiger partial charge is 0.426 e. The van der Waals surface area contributed by atoms with Crippen LogP contribution in [-0.4, -0.2) is 19.2 Å². The van der Waals surface area contributed by atoms with E-state index in [0.717, 1.165) is 24.9 Å². The van der Waals surface area contributed by atoms with Gasteiger partial charge in [0.25, 0.3) is 0 Å². The van der Waals surface area contributed by atoms with Crippen LogP contribution in [0.2, 0.25) is 0 Å². The molecule has 0 radical (unpaired) electrons. The van der Waals surface area contributed by atoms with Gasteiger partial charge in [-0.1, -0.05) is 51.7 Å². The number of carbonyl (C=O) groups is 1. The third kappa shape index (κ3) is 9.79. The molecule has 0 saturated heterocycles. The number of rotatable bonds is 14. The van der Waals surface area contributed by atoms with Crippen LogP contribution in [0.4, 0.5) is 11.4 Å². The summed E-state index contributed by atoms with van der Waals surface area (Å²) in [6.07, 6.45) is 8.54. The maximum Gasteiger partial charge on any atom is 0.313 e. The first-order valence-electron chi connectivity index (χ1n) is 11.1. The molecule has 0 aliphatic rings. The number of ether oxygens (including phenoxy) is 2. The zero-order chi connectivity index (χ0) is 21.4. The lowest BCUT2D eigenvalue weighted by Gasteiger charge is -2.05. The van der Waals surface area contributed by atoms with Crippen LogP contribution in [0.15, 0.2) is 58.8 Å². The highest BCUT2D eigenvalue weighted by molar-refractivity contribution is 5.72. The van der Waals surface area contributed by atoms with Crippen LogP contribution in [0.25, 0.3) is 0 Å². The lowest BCUT2D eigenvalue weighted by molar-refractivity contribution is -0.135. The summed E-state index contributed by atoms with van der Waals surface area (Å²) in [6.45, 7) is 5.41. The predicted molar refractivity (Wildman–Crippen MR) is 121 cm³/mol. The number of azo groups is 1. The fourth-order valence-electron chi connectivity index (χ4n) is 2.87. The van der Waals surface area contributed by atoms with Crippen molar-refractivity contribution in [3.8, 4) is 5.75 Å². The monoisotopic (exact) mass is 410 g/mol. The Labute approximate surface area is 180 Å². The van der Waals surface area contributed by atoms with Crippen molar-refractivity contribution in [3.05, 3.63) is 54.1 Å². The lowest BCUT2D eigenvalue weighted by Crippen LogP contribution is -2.11. The summed E-state index contributed by atoms with van der Waals surface area (Å²) in [5, 5.41) is 8.54. The van der Waals surface area contributed by atoms with Gasteiger partial charge in [-0.3, -0.25) is 4.79 Å². The average molecular weight is 411 g/mol. The first kappa shape index (κ1) is 23.7. The van der Waals surface area contributed by atoms with Gasteiger partial charge in [0.1, 0.15) is 5.75 Å². The second kappa shape index (κ2) is 14.5. The lowest BCUT2D eigenvalue weighted by atomic mass is 10.1. The van der Waals surface area contributed by atoms with Crippen molar-refractivity contribution in [2.75, 3.05) is 13.2 Å². The average Bonchev–Trinajstić information content (AvgIpc) is 2.77. The number of aryl methyl sites for hydroxylation is 1. The Kier molecular flexibility index (Phi) is 11.4. The molecule has 30 heavy (non-hydrogen) atoms. The third-order valence-corrected chi connectivity index (χ3v) is 4.70. The highest BCUT2D eigenvalue weighted by Gasteiger charge is 2.05. The van der Waals surface area contributed by atoms with Gasteiger partial charge >= 0.3 is 5.97 Å². The predicted octanol–water partition coefficient (Wildman–Crippen LogP) is 7.34. The van der Waals surface area contributed by atoms with Gasteiger partial charge in [-0.15, -0.1) is 0 Å². The van der Waals surface area contributed by atoms with Crippen molar-refractivity contribution in [3.63, 3.8) is 0 Å². The molecule has 0 heterocycles. The van der Waals surface area contributed by atoms with E-state index in [1.165, 1.54) is 31.2 Å². The maximum atomic E-state index is 11.8. The summed E-state index contributed by atoms with van der Waals surface area (Å²) in [5.41, 5.74) is 2.87. The topological polar surface area (TPSA) is 60.2 Å². The quantitative estimate of drug-likeness (QED) is 0.142. The molecule has 0 amide bonds. The molecule has 0 aliphatic heterocycles. The molecule has 5 heteroatoms. The minimum Gasteiger partial charge on any atom is -0.426 e. The molecule has 0 spiro atoms. The van der Waals surface area contributed by atoms with Gasteiger partial charge in [-0.25, -0.2) is 0 Å². The minimum atomic E-state index is -0.296. The van der Waals surface area contributed by atoms with E-state index in [0.29, 0.717) is 24.7 Å². The molecule has 0 aliphatic carbocycles. The van der Waals surface area contributed by atoms with Crippen LogP contribution in [0, 0.1) is 0 Å². The van der Waals surface area contributed by atoms with Crippen LogP contribution < -0.4 is 4.74 Å². The molecular weight excluding hydrogens is 376 g/mol. The van der Waals surface area contributed by atoms with Gasteiger partial charge in [0.2, 0.25) is 0 Å². The van der Waals surface area contributed by atoms with Crippen LogP contribution in [-0.2, 0) is 16.0 Å². The molecule has 5 nitrogen and oxygen atoms in total. The van der Waals surface area contributed by atoms with Crippen molar-refractivity contribution in [2.24, 2.45) is 10.2 Å². The molecule has 2 rings (SSSR count). The molecule has 0 fully saturated rings. The normalized spacial score (nSPS) is 11.1. The van der Waals surface area contributed by atoms with E-state index in [1.54, 1.807) is 24.3 Å². The summed E-state index contributed by atoms with van der Waals surface area (Å²) < 4.78 is 10.7. The highest BCUT2D eigenvalue weighted by Crippen LogP contribution is 2.22. The van der Waals surface area contributed by atoms with Crippen molar-refractivity contribution in [2.45, 2.75) is 65.2 Å². The van der Waals surface area contributed by atoms with Gasteiger partial charge in [0, 0.05) is 6.61 Å². The van der Waals surface area contributed by atoms with Crippen molar-refractivity contribution >= 4 is 17.3 Å². The maximum absolute atomic E-state index is 11.8. The molecule has 162 valence electrons. The van der Waals surface area contributed by atoms with E-state index in [9.17, 15) is 4.79 Å². The fraction of sp³-hybridized carbons (Fsp3) is 0.480. The van der Waals surface area contributed by atoms with E-state index < -0.39 is 0 Å². The van der Waals surface area contributed by atoms with Crippen LogP contribution >= 0.6 is 0 Å². The Balaban J connectivity index is 1.75. The molecule has 0 unspecified atom stereocenters. The molecule has 2 aromatic carbocycles. The molecule has 0 N–H and O–H groups in total. The minimum absolute atomic E-state index is 0.250. The molecule has 0 bridgehead atoms. The summed E-state index contributed by atoms with van der Waals surface area (Å²) >= 11 is 0. The Morgan fingerprint density at radius 1 is 0.767 bits per heavy atom. The van der Waals surface area contributed by atoms with Gasteiger partial charge in [0.05, 0.1) is 24.4 Å². The molecular formula is C25H34N2O3. The number of unbranched alkanes of at least 4 members (excludes halogenated alkanes) is 4. The van der Waals surface area contributed by atoms with E-state index in [2.05, 4.69) is 36.2 Å². The Morgan fingerprint density at radius 3 is 2.03 bits per heavy atom. The second-order valence-electron chi connectivity index (χ2n) is 7.36. The van der Waals surface area contributed by atoms with Crippen molar-refractivity contribution in [1.29, 1.82) is 0 Å². The number of carbonyl (C=O) groups excluding carboxylic acids is 1. The van der Waals surface area contributed by atoms with Crippen LogP contribution in [0.1, 0.15) is 64.4 Å². The van der Waals surface area contributed by atoms with Gasteiger partial charge in [0.15, 0.2) is 0 Å². The first-order valence-corrected chi connectivity index (χ1v) is 11.1.